The van der Waals surface area contributed by atoms with Gasteiger partial charge < -0.3 is 9.64 Å². The number of hydrogen-bond acceptors (Lipinski definition) is 4. The van der Waals surface area contributed by atoms with Crippen LogP contribution in [-0.2, 0) is 9.53 Å². The van der Waals surface area contributed by atoms with Crippen molar-refractivity contribution >= 4 is 5.97 Å². The van der Waals surface area contributed by atoms with Crippen LogP contribution in [0.15, 0.2) is 0 Å². The van der Waals surface area contributed by atoms with Crippen LogP contribution in [0.4, 0.5) is 0 Å². The third kappa shape index (κ3) is 2.86. The summed E-state index contributed by atoms with van der Waals surface area (Å²) in [6, 6.07) is 0.298. The summed E-state index contributed by atoms with van der Waals surface area (Å²) in [7, 11) is 1.51. The number of carbonyl (C=O) groups is 1. The maximum absolute atomic E-state index is 12.3. The van der Waals surface area contributed by atoms with Gasteiger partial charge in [0.25, 0.3) is 0 Å². The summed E-state index contributed by atoms with van der Waals surface area (Å²) in [4.78, 5) is 14.7. The minimum absolute atomic E-state index is 0.0781. The molecule has 1 unspecified atom stereocenters. The number of rotatable bonds is 6. The minimum Gasteiger partial charge on any atom is -0.468 e. The van der Waals surface area contributed by atoms with Crippen LogP contribution in [0.5, 0.6) is 0 Å². The van der Waals surface area contributed by atoms with Gasteiger partial charge in [-0.3, -0.25) is 5.32 Å². The van der Waals surface area contributed by atoms with Crippen LogP contribution in [0, 0.1) is 5.92 Å². The zero-order chi connectivity index (χ0) is 13.2. The van der Waals surface area contributed by atoms with Crippen LogP contribution in [0.3, 0.4) is 0 Å². The number of likely N-dealkylation sites (tertiary alicyclic amines) is 1. The first-order valence-corrected chi connectivity index (χ1v) is 7.17. The van der Waals surface area contributed by atoms with Crippen LogP contribution in [0.25, 0.3) is 0 Å². The van der Waals surface area contributed by atoms with E-state index in [2.05, 4.69) is 24.1 Å². The Balaban J connectivity index is 2.14. The Morgan fingerprint density at radius 2 is 2.00 bits per heavy atom. The Labute approximate surface area is 110 Å². The molecule has 0 aromatic carbocycles. The van der Waals surface area contributed by atoms with Crippen molar-refractivity contribution in [2.75, 3.05) is 26.7 Å². The quantitative estimate of drug-likeness (QED) is 0.728. The average molecular weight is 254 g/mol. The van der Waals surface area contributed by atoms with Crippen molar-refractivity contribution in [2.24, 2.45) is 5.92 Å². The molecule has 0 bridgehead atoms. The fraction of sp³-hybridized carbons (Fsp3) is 0.929. The van der Waals surface area contributed by atoms with Gasteiger partial charge in [0.1, 0.15) is 5.54 Å². The second kappa shape index (κ2) is 5.57. The molecule has 1 aliphatic carbocycles. The molecule has 2 fully saturated rings. The van der Waals surface area contributed by atoms with Crippen LogP contribution in [0.2, 0.25) is 0 Å². The molecular formula is C14H26N2O2. The smallest absolute Gasteiger partial charge is 0.327 e. The highest BCUT2D eigenvalue weighted by molar-refractivity contribution is 5.82. The predicted molar refractivity (Wildman–Crippen MR) is 71.4 cm³/mol. The molecule has 4 nitrogen and oxygen atoms in total. The van der Waals surface area contributed by atoms with Crippen LogP contribution in [-0.4, -0.2) is 49.2 Å². The maximum Gasteiger partial charge on any atom is 0.327 e. The van der Waals surface area contributed by atoms with E-state index < -0.39 is 5.54 Å². The molecule has 2 aliphatic rings. The second-order valence-corrected chi connectivity index (χ2v) is 6.02. The van der Waals surface area contributed by atoms with Gasteiger partial charge in [-0.1, -0.05) is 0 Å². The van der Waals surface area contributed by atoms with Crippen molar-refractivity contribution in [1.82, 2.24) is 10.2 Å². The van der Waals surface area contributed by atoms with E-state index in [1.54, 1.807) is 0 Å². The lowest BCUT2D eigenvalue weighted by Crippen LogP contribution is -2.62. The van der Waals surface area contributed by atoms with E-state index >= 15 is 0 Å². The fourth-order valence-electron chi connectivity index (χ4n) is 3.15. The Bertz CT molecular complexity index is 296. The normalized spacial score (nSPS) is 24.2. The summed E-state index contributed by atoms with van der Waals surface area (Å²) in [6.45, 7) is 7.24. The molecule has 2 rings (SSSR count). The summed E-state index contributed by atoms with van der Waals surface area (Å²) >= 11 is 0. The number of methoxy groups -OCH3 is 1. The molecule has 104 valence electrons. The Hall–Kier alpha value is -0.610. The van der Waals surface area contributed by atoms with E-state index in [0.29, 0.717) is 12.0 Å². The van der Waals surface area contributed by atoms with Crippen molar-refractivity contribution in [3.8, 4) is 0 Å². The molecule has 0 amide bonds. The molecule has 1 saturated carbocycles. The molecule has 0 spiro atoms. The molecule has 1 saturated heterocycles. The van der Waals surface area contributed by atoms with Gasteiger partial charge in [-0.25, -0.2) is 4.79 Å². The highest BCUT2D eigenvalue weighted by Crippen LogP contribution is 2.41. The Kier molecular flexibility index (Phi) is 4.28. The molecule has 1 atom stereocenters. The molecule has 4 heteroatoms. The highest BCUT2D eigenvalue weighted by atomic mass is 16.5. The van der Waals surface area contributed by atoms with E-state index in [-0.39, 0.29) is 5.97 Å². The first-order chi connectivity index (χ1) is 8.58. The van der Waals surface area contributed by atoms with Crippen molar-refractivity contribution in [2.45, 2.75) is 51.1 Å². The molecule has 1 heterocycles. The summed E-state index contributed by atoms with van der Waals surface area (Å²) in [5.41, 5.74) is -0.479. The van der Waals surface area contributed by atoms with E-state index in [1.807, 2.05) is 0 Å². The maximum atomic E-state index is 12.3. The van der Waals surface area contributed by atoms with E-state index in [9.17, 15) is 4.79 Å². The number of nitrogens with zero attached hydrogens (tertiary/aromatic N) is 1. The third-order valence-corrected chi connectivity index (χ3v) is 4.04. The van der Waals surface area contributed by atoms with Gasteiger partial charge in [-0.2, -0.15) is 0 Å². The molecule has 1 N–H and O–H groups in total. The van der Waals surface area contributed by atoms with Crippen molar-refractivity contribution in [3.63, 3.8) is 0 Å². The number of nitrogens with one attached hydrogen (secondary N) is 1. The standard InChI is InChI=1S/C14H26N2O2/c1-11(2)15-14(12-6-7-12,13(17)18-3)10-16-8-4-5-9-16/h11-12,15H,4-10H2,1-3H3. The van der Waals surface area contributed by atoms with Gasteiger partial charge in [-0.05, 0) is 58.5 Å². The fourth-order valence-corrected chi connectivity index (χ4v) is 3.15. The number of esters is 1. The van der Waals surface area contributed by atoms with Gasteiger partial charge in [0, 0.05) is 12.6 Å². The monoisotopic (exact) mass is 254 g/mol. The van der Waals surface area contributed by atoms with Crippen molar-refractivity contribution < 1.29 is 9.53 Å². The van der Waals surface area contributed by atoms with Gasteiger partial charge >= 0.3 is 5.97 Å². The molecule has 18 heavy (non-hydrogen) atoms. The Morgan fingerprint density at radius 3 is 2.44 bits per heavy atom. The van der Waals surface area contributed by atoms with Crippen LogP contribution in [0.1, 0.15) is 39.5 Å². The Morgan fingerprint density at radius 1 is 1.39 bits per heavy atom. The van der Waals surface area contributed by atoms with Gasteiger partial charge in [0.15, 0.2) is 0 Å². The first-order valence-electron chi connectivity index (χ1n) is 7.17. The summed E-state index contributed by atoms with van der Waals surface area (Å²) in [5.74, 6) is 0.374. The lowest BCUT2D eigenvalue weighted by atomic mass is 9.91. The number of carbonyl (C=O) groups excluding carboxylic acids is 1. The highest BCUT2D eigenvalue weighted by Gasteiger charge is 2.53. The average Bonchev–Trinajstić information content (AvgIpc) is 3.07. The van der Waals surface area contributed by atoms with E-state index in [4.69, 9.17) is 4.74 Å². The number of hydrogen-bond donors (Lipinski definition) is 1. The molecule has 1 aliphatic heterocycles. The third-order valence-electron chi connectivity index (χ3n) is 4.04. The SMILES string of the molecule is COC(=O)C(CN1CCCC1)(NC(C)C)C1CC1. The van der Waals surface area contributed by atoms with E-state index in [0.717, 1.165) is 32.5 Å². The number of ether oxygens (including phenoxy) is 1. The van der Waals surface area contributed by atoms with Crippen molar-refractivity contribution in [1.29, 1.82) is 0 Å². The van der Waals surface area contributed by atoms with Crippen LogP contribution >= 0.6 is 0 Å². The van der Waals surface area contributed by atoms with Gasteiger partial charge in [0.2, 0.25) is 0 Å². The largest absolute Gasteiger partial charge is 0.468 e. The van der Waals surface area contributed by atoms with Gasteiger partial charge in [-0.15, -0.1) is 0 Å². The molecular weight excluding hydrogens is 228 g/mol. The zero-order valence-electron chi connectivity index (χ0n) is 11.9. The van der Waals surface area contributed by atoms with E-state index in [1.165, 1.54) is 20.0 Å². The summed E-state index contributed by atoms with van der Waals surface area (Å²) in [6.07, 6.45) is 4.79. The lowest BCUT2D eigenvalue weighted by Gasteiger charge is -2.37. The second-order valence-electron chi connectivity index (χ2n) is 6.02. The van der Waals surface area contributed by atoms with Crippen LogP contribution < -0.4 is 5.32 Å². The first kappa shape index (κ1) is 13.8. The topological polar surface area (TPSA) is 41.6 Å². The zero-order valence-corrected chi connectivity index (χ0v) is 11.9. The lowest BCUT2D eigenvalue weighted by molar-refractivity contribution is -0.151. The molecule has 0 aromatic heterocycles. The molecule has 0 aromatic rings. The van der Waals surface area contributed by atoms with Gasteiger partial charge in [0.05, 0.1) is 7.11 Å². The summed E-state index contributed by atoms with van der Waals surface area (Å²) < 4.78 is 5.10. The minimum atomic E-state index is -0.479. The molecule has 0 radical (unpaired) electrons. The van der Waals surface area contributed by atoms with Crippen molar-refractivity contribution in [3.05, 3.63) is 0 Å². The summed E-state index contributed by atoms with van der Waals surface area (Å²) in [5, 5.41) is 3.52. The predicted octanol–water partition coefficient (Wildman–Crippen LogP) is 1.40.